The maximum absolute atomic E-state index is 13.8. The van der Waals surface area contributed by atoms with Crippen LogP contribution < -0.4 is 16.0 Å². The van der Waals surface area contributed by atoms with E-state index in [2.05, 4.69) is 57.5 Å². The van der Waals surface area contributed by atoms with Crippen molar-refractivity contribution in [2.24, 2.45) is 11.3 Å². The van der Waals surface area contributed by atoms with Crippen molar-refractivity contribution in [3.05, 3.63) is 59.0 Å². The summed E-state index contributed by atoms with van der Waals surface area (Å²) in [5, 5.41) is 18.1. The van der Waals surface area contributed by atoms with E-state index in [0.29, 0.717) is 24.4 Å². The van der Waals surface area contributed by atoms with Crippen molar-refractivity contribution in [3.63, 3.8) is 0 Å². The molecule has 1 saturated heterocycles. The van der Waals surface area contributed by atoms with Gasteiger partial charge in [-0.1, -0.05) is 107 Å². The smallest absolute Gasteiger partial charge is 0.416 e. The van der Waals surface area contributed by atoms with Gasteiger partial charge in [0.1, 0.15) is 6.17 Å². The van der Waals surface area contributed by atoms with Gasteiger partial charge in [-0.2, -0.15) is 26.3 Å². The summed E-state index contributed by atoms with van der Waals surface area (Å²) in [5.41, 5.74) is 0.374. The monoisotopic (exact) mass is 738 g/mol. The molecule has 4 rings (SSSR count). The Morgan fingerprint density at radius 3 is 1.94 bits per heavy atom. The van der Waals surface area contributed by atoms with Crippen LogP contribution in [0.1, 0.15) is 114 Å². The fraction of sp³-hybridized carbons (Fsp3) is 0.684. The van der Waals surface area contributed by atoms with Gasteiger partial charge in [-0.15, -0.1) is 0 Å². The summed E-state index contributed by atoms with van der Waals surface area (Å²) in [7, 11) is 0. The molecule has 0 aromatic carbocycles. The number of nitrogens with zero attached hydrogens (tertiary/aromatic N) is 1. The summed E-state index contributed by atoms with van der Waals surface area (Å²) in [6.45, 7) is 18.8. The van der Waals surface area contributed by atoms with E-state index in [9.17, 15) is 41.0 Å². The molecule has 1 aliphatic carbocycles. The second kappa shape index (κ2) is 26.5. The number of halogens is 6. The van der Waals surface area contributed by atoms with Crippen LogP contribution in [0.2, 0.25) is 0 Å². The molecule has 4 N–H and O–H groups in total. The molecule has 3 aliphatic heterocycles. The second-order valence-electron chi connectivity index (χ2n) is 12.4. The van der Waals surface area contributed by atoms with Gasteiger partial charge in [-0.3, -0.25) is 10.1 Å². The van der Waals surface area contributed by atoms with Gasteiger partial charge in [-0.05, 0) is 48.3 Å². The van der Waals surface area contributed by atoms with Gasteiger partial charge in [0.2, 0.25) is 5.91 Å². The third kappa shape index (κ3) is 19.3. The number of fused-ring (bicyclic) bond motifs is 1. The van der Waals surface area contributed by atoms with Gasteiger partial charge < -0.3 is 20.6 Å². The summed E-state index contributed by atoms with van der Waals surface area (Å²) in [6.07, 6.45) is 11.4. The highest BCUT2D eigenvalue weighted by Gasteiger charge is 2.43. The number of dihydropyridines is 1. The molecule has 51 heavy (non-hydrogen) atoms. The summed E-state index contributed by atoms with van der Waals surface area (Å²) in [5.74, 6) is -2.14. The average Bonchev–Trinajstić information content (AvgIpc) is 3.09. The van der Waals surface area contributed by atoms with E-state index < -0.39 is 42.5 Å². The van der Waals surface area contributed by atoms with Crippen LogP contribution in [-0.2, 0) is 9.59 Å². The Bertz CT molecular complexity index is 1150. The number of amides is 1. The molecule has 0 spiro atoms. The molecule has 3 heterocycles. The Kier molecular flexibility index (Phi) is 26.0. The lowest BCUT2D eigenvalue weighted by molar-refractivity contribution is -0.133. The number of carboxylic acids is 1. The number of unbranched alkanes of at least 4 members (excludes halogenated alkanes) is 3. The topological polar surface area (TPSA) is 93.7 Å². The highest BCUT2D eigenvalue weighted by molar-refractivity contribution is 5.90. The SMILES string of the molecule is CC.CC.CC1(C)CCN(C2=CC(=O)NC3C(CNC4NC=CC=C4C(=O)O)=CC(C(F)(F)F)=CC23)CC1.CCCC.CCCCC.FC(F)F. The average molecular weight is 739 g/mol. The number of allylic oxidation sites excluding steroid dienone is 4. The molecule has 4 aliphatic rings. The van der Waals surface area contributed by atoms with Gasteiger partial charge in [0.25, 0.3) is 0 Å². The number of alkyl halides is 6. The van der Waals surface area contributed by atoms with Crippen molar-refractivity contribution in [1.29, 1.82) is 0 Å². The molecular weight excluding hydrogens is 674 g/mol. The van der Waals surface area contributed by atoms with Crippen LogP contribution in [0, 0.1) is 11.3 Å². The first kappa shape index (κ1) is 49.9. The number of piperidine rings is 1. The number of rotatable bonds is 8. The van der Waals surface area contributed by atoms with E-state index >= 15 is 0 Å². The minimum absolute atomic E-state index is 0.0364. The molecule has 296 valence electrons. The largest absolute Gasteiger partial charge is 0.478 e. The molecule has 1 fully saturated rings. The van der Waals surface area contributed by atoms with E-state index in [-0.39, 0.29) is 23.4 Å². The van der Waals surface area contributed by atoms with Crippen molar-refractivity contribution < 1.29 is 41.0 Å². The number of carbonyl (C=O) groups excluding carboxylic acids is 1. The first-order valence-corrected chi connectivity index (χ1v) is 18.3. The quantitative estimate of drug-likeness (QED) is 0.185. The Morgan fingerprint density at radius 2 is 1.51 bits per heavy atom. The number of carboxylic acid groups (broad SMARTS) is 1. The fourth-order valence-corrected chi connectivity index (χ4v) is 5.16. The zero-order valence-corrected chi connectivity index (χ0v) is 32.3. The van der Waals surface area contributed by atoms with Crippen LogP contribution in [0.5, 0.6) is 0 Å². The molecule has 13 heteroatoms. The normalized spacial score (nSPS) is 21.4. The van der Waals surface area contributed by atoms with Crippen molar-refractivity contribution in [3.8, 4) is 0 Å². The fourth-order valence-electron chi connectivity index (χ4n) is 5.16. The maximum atomic E-state index is 13.8. The van der Waals surface area contributed by atoms with E-state index in [1.165, 1.54) is 50.3 Å². The van der Waals surface area contributed by atoms with Crippen molar-refractivity contribution in [1.82, 2.24) is 20.9 Å². The van der Waals surface area contributed by atoms with Gasteiger partial charge in [0.15, 0.2) is 0 Å². The summed E-state index contributed by atoms with van der Waals surface area (Å²) in [4.78, 5) is 26.1. The number of hydrogen-bond donors (Lipinski definition) is 4. The number of likely N-dealkylation sites (tertiary alicyclic amines) is 1. The van der Waals surface area contributed by atoms with E-state index in [1.807, 2.05) is 32.6 Å². The first-order chi connectivity index (χ1) is 24.0. The molecule has 3 unspecified atom stereocenters. The Morgan fingerprint density at radius 1 is 0.980 bits per heavy atom. The highest BCUT2D eigenvalue weighted by Crippen LogP contribution is 2.40. The number of hydrogen-bond acceptors (Lipinski definition) is 5. The predicted octanol–water partition coefficient (Wildman–Crippen LogP) is 9.81. The molecule has 7 nitrogen and oxygen atoms in total. The molecule has 0 aromatic heterocycles. The van der Waals surface area contributed by atoms with Gasteiger partial charge in [-0.25, -0.2) is 4.79 Å². The molecule has 1 amide bonds. The van der Waals surface area contributed by atoms with Crippen LogP contribution in [0.15, 0.2) is 59.0 Å². The molecule has 0 radical (unpaired) electrons. The minimum atomic E-state index is -4.55. The third-order valence-electron chi connectivity index (χ3n) is 8.10. The van der Waals surface area contributed by atoms with E-state index in [1.54, 1.807) is 12.3 Å². The van der Waals surface area contributed by atoms with Gasteiger partial charge >= 0.3 is 18.8 Å². The van der Waals surface area contributed by atoms with Crippen molar-refractivity contribution in [2.75, 3.05) is 19.6 Å². The number of aliphatic carboxylic acids is 1. The molecule has 0 saturated carbocycles. The lowest BCUT2D eigenvalue weighted by Crippen LogP contribution is -2.53. The molecule has 0 bridgehead atoms. The second-order valence-corrected chi connectivity index (χ2v) is 12.4. The van der Waals surface area contributed by atoms with Gasteiger partial charge in [0.05, 0.1) is 17.2 Å². The zero-order valence-electron chi connectivity index (χ0n) is 32.3. The van der Waals surface area contributed by atoms with E-state index in [0.717, 1.165) is 18.9 Å². The number of carbonyl (C=O) groups is 2. The Balaban J connectivity index is 0. The van der Waals surface area contributed by atoms with Gasteiger partial charge in [0, 0.05) is 37.3 Å². The van der Waals surface area contributed by atoms with Crippen molar-refractivity contribution in [2.45, 2.75) is 139 Å². The van der Waals surface area contributed by atoms with Crippen LogP contribution in [0.4, 0.5) is 26.3 Å². The van der Waals surface area contributed by atoms with Crippen LogP contribution in [0.25, 0.3) is 0 Å². The molecular formula is C38H64F6N4O3. The van der Waals surface area contributed by atoms with Crippen LogP contribution in [-0.4, -0.2) is 66.6 Å². The molecule has 0 aromatic rings. The summed E-state index contributed by atoms with van der Waals surface area (Å²) in [6, 6.07) is -0.655. The number of nitrogens with one attached hydrogen (secondary N) is 3. The standard InChI is InChI=1S/C24H29F3N4O3.C5H12.C4H10.2C2H6.CHF3/c1-23(2)5-8-31(9-6-23)18-12-19(32)30-20-14(10-15(11-17(18)20)24(25,26)27)13-29-21-16(22(33)34)4-3-7-28-21;1-3-5-4-2;1-3-4-2;2*1-2;2-1(3)4/h3-4,7,10-12,17,20-21,28-29H,5-6,8-9,13H2,1-2H3,(H,30,32)(H,33,34);3-5H2,1-2H3;3-4H2,1-2H3;2*1-2H3;1H. The van der Waals surface area contributed by atoms with Crippen molar-refractivity contribution >= 4 is 11.9 Å². The first-order valence-electron chi connectivity index (χ1n) is 18.3. The van der Waals surface area contributed by atoms with E-state index in [4.69, 9.17) is 0 Å². The predicted molar refractivity (Wildman–Crippen MR) is 196 cm³/mol. The van der Waals surface area contributed by atoms with Crippen LogP contribution >= 0.6 is 0 Å². The highest BCUT2D eigenvalue weighted by atomic mass is 19.4. The maximum Gasteiger partial charge on any atom is 0.416 e. The lowest BCUT2D eigenvalue weighted by Gasteiger charge is -2.45. The Labute approximate surface area is 302 Å². The molecule has 3 atom stereocenters. The Hall–Kier alpha value is -3.22. The summed E-state index contributed by atoms with van der Waals surface area (Å²) < 4.78 is 70.5. The van der Waals surface area contributed by atoms with Crippen LogP contribution in [0.3, 0.4) is 0 Å². The zero-order chi connectivity index (χ0) is 39.8. The third-order valence-corrected chi connectivity index (χ3v) is 8.10. The lowest BCUT2D eigenvalue weighted by atomic mass is 9.78. The minimum Gasteiger partial charge on any atom is -0.478 e. The summed E-state index contributed by atoms with van der Waals surface area (Å²) >= 11 is 0.